The summed E-state index contributed by atoms with van der Waals surface area (Å²) >= 11 is 0. The van der Waals surface area contributed by atoms with E-state index in [1.54, 1.807) is 23.1 Å². The van der Waals surface area contributed by atoms with Crippen molar-refractivity contribution in [1.29, 1.82) is 0 Å². The van der Waals surface area contributed by atoms with Crippen LogP contribution in [0.5, 0.6) is 11.5 Å². The molecule has 8 nitrogen and oxygen atoms in total. The molecule has 22 heavy (non-hydrogen) atoms. The van der Waals surface area contributed by atoms with Crippen LogP contribution in [0.25, 0.3) is 0 Å². The Morgan fingerprint density at radius 2 is 1.77 bits per heavy atom. The highest BCUT2D eigenvalue weighted by atomic mass is 32.2. The molecule has 122 valence electrons. The fourth-order valence-corrected chi connectivity index (χ4v) is 2.97. The molecule has 0 unspecified atom stereocenters. The van der Waals surface area contributed by atoms with Crippen molar-refractivity contribution in [3.8, 4) is 11.5 Å². The number of nitrogens with two attached hydrogens (primary N) is 1. The molecular formula is C13H19N3O5S. The summed E-state index contributed by atoms with van der Waals surface area (Å²) in [6.07, 6.45) is 0. The first kappa shape index (κ1) is 16.5. The maximum Gasteiger partial charge on any atom is 0.277 e. The molecule has 0 radical (unpaired) electrons. The molecule has 0 aromatic heterocycles. The van der Waals surface area contributed by atoms with Crippen molar-refractivity contribution < 1.29 is 22.7 Å². The normalized spacial score (nSPS) is 16.4. The van der Waals surface area contributed by atoms with Crippen LogP contribution in [0.15, 0.2) is 18.2 Å². The van der Waals surface area contributed by atoms with Gasteiger partial charge in [-0.15, -0.1) is 0 Å². The first-order valence-electron chi connectivity index (χ1n) is 6.66. The lowest BCUT2D eigenvalue weighted by Crippen LogP contribution is -2.52. The molecule has 0 aliphatic carbocycles. The van der Waals surface area contributed by atoms with Gasteiger partial charge >= 0.3 is 0 Å². The number of benzene rings is 1. The van der Waals surface area contributed by atoms with Gasteiger partial charge in [0.15, 0.2) is 0 Å². The van der Waals surface area contributed by atoms with Crippen LogP contribution in [-0.4, -0.2) is 63.9 Å². The molecule has 0 spiro atoms. The second kappa shape index (κ2) is 6.51. The van der Waals surface area contributed by atoms with Crippen LogP contribution in [-0.2, 0) is 10.2 Å². The molecule has 2 N–H and O–H groups in total. The monoisotopic (exact) mass is 329 g/mol. The van der Waals surface area contributed by atoms with Crippen LogP contribution < -0.4 is 14.6 Å². The fraction of sp³-hybridized carbons (Fsp3) is 0.462. The van der Waals surface area contributed by atoms with Crippen molar-refractivity contribution >= 4 is 16.1 Å². The maximum atomic E-state index is 12.6. The lowest BCUT2D eigenvalue weighted by atomic mass is 10.1. The smallest absolute Gasteiger partial charge is 0.277 e. The lowest BCUT2D eigenvalue weighted by molar-refractivity contribution is 0.0694. The van der Waals surface area contributed by atoms with Crippen molar-refractivity contribution in [3.63, 3.8) is 0 Å². The number of hydrogen-bond acceptors (Lipinski definition) is 5. The van der Waals surface area contributed by atoms with Gasteiger partial charge in [0.1, 0.15) is 11.5 Å². The van der Waals surface area contributed by atoms with Crippen LogP contribution in [0, 0.1) is 0 Å². The van der Waals surface area contributed by atoms with Gasteiger partial charge in [0.25, 0.3) is 16.1 Å². The summed E-state index contributed by atoms with van der Waals surface area (Å²) in [5.74, 6) is 0.761. The van der Waals surface area contributed by atoms with Gasteiger partial charge in [-0.2, -0.15) is 12.7 Å². The van der Waals surface area contributed by atoms with Crippen molar-refractivity contribution in [3.05, 3.63) is 23.8 Å². The van der Waals surface area contributed by atoms with Crippen LogP contribution in [0.3, 0.4) is 0 Å². The molecule has 1 aliphatic heterocycles. The highest BCUT2D eigenvalue weighted by molar-refractivity contribution is 7.86. The van der Waals surface area contributed by atoms with Gasteiger partial charge in [0.05, 0.1) is 19.8 Å². The third kappa shape index (κ3) is 3.49. The van der Waals surface area contributed by atoms with Gasteiger partial charge in [-0.05, 0) is 18.2 Å². The van der Waals surface area contributed by atoms with Crippen LogP contribution in [0.2, 0.25) is 0 Å². The van der Waals surface area contributed by atoms with Crippen LogP contribution in [0.1, 0.15) is 10.4 Å². The minimum absolute atomic E-state index is 0.177. The molecule has 1 saturated heterocycles. The molecule has 0 bridgehead atoms. The first-order valence-corrected chi connectivity index (χ1v) is 8.16. The first-order chi connectivity index (χ1) is 10.4. The van der Waals surface area contributed by atoms with Crippen LogP contribution >= 0.6 is 0 Å². The van der Waals surface area contributed by atoms with E-state index in [9.17, 15) is 13.2 Å². The third-order valence-corrected chi connectivity index (χ3v) is 4.61. The largest absolute Gasteiger partial charge is 0.497 e. The van der Waals surface area contributed by atoms with E-state index in [4.69, 9.17) is 14.6 Å². The molecule has 1 heterocycles. The standard InChI is InChI=1S/C13H19N3O5S/c1-20-10-3-4-12(21-2)11(9-10)13(17)15-5-7-16(8-6-15)22(14,18)19/h3-4,9H,5-8H2,1-2H3,(H2,14,18,19). The summed E-state index contributed by atoms with van der Waals surface area (Å²) in [5.41, 5.74) is 0.380. The number of piperazine rings is 1. The van der Waals surface area contributed by atoms with E-state index in [0.717, 1.165) is 4.31 Å². The SMILES string of the molecule is COc1ccc(OC)c(C(=O)N2CCN(S(N)(=O)=O)CC2)c1. The third-order valence-electron chi connectivity index (χ3n) is 3.52. The molecule has 1 aromatic rings. The van der Waals surface area contributed by atoms with Crippen molar-refractivity contribution in [1.82, 2.24) is 9.21 Å². The number of hydrogen-bond donors (Lipinski definition) is 1. The zero-order valence-corrected chi connectivity index (χ0v) is 13.3. The molecule has 0 saturated carbocycles. The number of carbonyl (C=O) groups is 1. The highest BCUT2D eigenvalue weighted by Crippen LogP contribution is 2.25. The van der Waals surface area contributed by atoms with E-state index >= 15 is 0 Å². The maximum absolute atomic E-state index is 12.6. The Hall–Kier alpha value is -1.84. The second-order valence-electron chi connectivity index (χ2n) is 4.80. The van der Waals surface area contributed by atoms with Crippen molar-refractivity contribution in [2.24, 2.45) is 5.14 Å². The van der Waals surface area contributed by atoms with E-state index < -0.39 is 10.2 Å². The Bertz CT molecular complexity index is 654. The Balaban J connectivity index is 2.16. The highest BCUT2D eigenvalue weighted by Gasteiger charge is 2.28. The summed E-state index contributed by atoms with van der Waals surface area (Å²) in [6.45, 7) is 0.902. The van der Waals surface area contributed by atoms with E-state index in [0.29, 0.717) is 17.1 Å². The summed E-state index contributed by atoms with van der Waals surface area (Å²) < 4.78 is 34.0. The van der Waals surface area contributed by atoms with Crippen molar-refractivity contribution in [2.75, 3.05) is 40.4 Å². The Morgan fingerprint density at radius 3 is 2.27 bits per heavy atom. The number of methoxy groups -OCH3 is 2. The zero-order chi connectivity index (χ0) is 16.3. The average Bonchev–Trinajstić information content (AvgIpc) is 2.52. The van der Waals surface area contributed by atoms with Gasteiger partial charge in [-0.25, -0.2) is 5.14 Å². The van der Waals surface area contributed by atoms with Gasteiger partial charge in [0.2, 0.25) is 0 Å². The van der Waals surface area contributed by atoms with Crippen LogP contribution in [0.4, 0.5) is 0 Å². The fourth-order valence-electron chi connectivity index (χ4n) is 2.30. The summed E-state index contributed by atoms with van der Waals surface area (Å²) in [4.78, 5) is 14.2. The Kier molecular flexibility index (Phi) is 4.89. The Labute approximate surface area is 129 Å². The van der Waals surface area contributed by atoms with Gasteiger partial charge in [-0.1, -0.05) is 0 Å². The van der Waals surface area contributed by atoms with Gasteiger partial charge in [0, 0.05) is 26.2 Å². The van der Waals surface area contributed by atoms with E-state index in [-0.39, 0.29) is 32.1 Å². The minimum atomic E-state index is -3.71. The quantitative estimate of drug-likeness (QED) is 0.814. The van der Waals surface area contributed by atoms with Crippen molar-refractivity contribution in [2.45, 2.75) is 0 Å². The van der Waals surface area contributed by atoms with E-state index in [1.807, 2.05) is 0 Å². The molecule has 2 rings (SSSR count). The molecule has 9 heteroatoms. The predicted molar refractivity (Wildman–Crippen MR) is 80.1 cm³/mol. The molecule has 1 aromatic carbocycles. The predicted octanol–water partition coefficient (Wildman–Crippen LogP) is -0.335. The van der Waals surface area contributed by atoms with Gasteiger partial charge < -0.3 is 14.4 Å². The molecule has 0 atom stereocenters. The lowest BCUT2D eigenvalue weighted by Gasteiger charge is -2.33. The van der Waals surface area contributed by atoms with E-state index in [2.05, 4.69) is 0 Å². The number of nitrogens with zero attached hydrogens (tertiary/aromatic N) is 2. The summed E-state index contributed by atoms with van der Waals surface area (Å²) in [7, 11) is -0.714. The Morgan fingerprint density at radius 1 is 1.14 bits per heavy atom. The summed E-state index contributed by atoms with van der Waals surface area (Å²) in [5, 5.41) is 5.08. The molecule has 1 fully saturated rings. The zero-order valence-electron chi connectivity index (χ0n) is 12.5. The topological polar surface area (TPSA) is 102 Å². The summed E-state index contributed by atoms with van der Waals surface area (Å²) in [6, 6.07) is 4.97. The molecule has 1 aliphatic rings. The second-order valence-corrected chi connectivity index (χ2v) is 6.35. The average molecular weight is 329 g/mol. The number of carbonyl (C=O) groups excluding carboxylic acids is 1. The van der Waals surface area contributed by atoms with Gasteiger partial charge in [-0.3, -0.25) is 4.79 Å². The minimum Gasteiger partial charge on any atom is -0.497 e. The number of amides is 1. The molecular weight excluding hydrogens is 310 g/mol. The van der Waals surface area contributed by atoms with E-state index in [1.165, 1.54) is 14.2 Å². The number of ether oxygens (including phenoxy) is 2. The molecule has 1 amide bonds. The number of rotatable bonds is 4.